The fourth-order valence-electron chi connectivity index (χ4n) is 3.81. The number of pyridine rings is 1. The number of imide groups is 1. The summed E-state index contributed by atoms with van der Waals surface area (Å²) in [6.45, 7) is 0.164. The summed E-state index contributed by atoms with van der Waals surface area (Å²) in [5.41, 5.74) is 3.36. The number of amides is 2. The van der Waals surface area contributed by atoms with Crippen LogP contribution in [0, 0.1) is 0 Å². The van der Waals surface area contributed by atoms with Crippen molar-refractivity contribution in [3.05, 3.63) is 102 Å². The topological polar surface area (TPSA) is 50.3 Å². The van der Waals surface area contributed by atoms with Crippen molar-refractivity contribution in [1.29, 1.82) is 0 Å². The molecule has 0 fully saturated rings. The predicted molar refractivity (Wildman–Crippen MR) is 108 cm³/mol. The van der Waals surface area contributed by atoms with Gasteiger partial charge in [0.05, 0.1) is 23.4 Å². The number of fused-ring (bicyclic) bond motifs is 2. The van der Waals surface area contributed by atoms with E-state index < -0.39 is 0 Å². The van der Waals surface area contributed by atoms with Crippen LogP contribution in [0.3, 0.4) is 0 Å². The van der Waals surface area contributed by atoms with Crippen molar-refractivity contribution in [2.24, 2.45) is 0 Å². The highest BCUT2D eigenvalue weighted by atomic mass is 16.2. The second-order valence-electron chi connectivity index (χ2n) is 6.78. The molecule has 0 atom stereocenters. The Morgan fingerprint density at radius 2 is 1.50 bits per heavy atom. The van der Waals surface area contributed by atoms with E-state index in [1.807, 2.05) is 78.9 Å². The molecule has 0 saturated heterocycles. The number of hydrogen-bond acceptors (Lipinski definition) is 3. The fraction of sp³-hybridized carbons (Fsp3) is 0.0417. The first-order valence-electron chi connectivity index (χ1n) is 9.11. The third kappa shape index (κ3) is 2.50. The van der Waals surface area contributed by atoms with Crippen LogP contribution in [-0.4, -0.2) is 21.7 Å². The van der Waals surface area contributed by atoms with E-state index in [1.54, 1.807) is 6.20 Å². The third-order valence-electron chi connectivity index (χ3n) is 5.09. The zero-order chi connectivity index (χ0) is 19.1. The highest BCUT2D eigenvalue weighted by molar-refractivity contribution is 6.27. The summed E-state index contributed by atoms with van der Waals surface area (Å²) >= 11 is 0. The van der Waals surface area contributed by atoms with Gasteiger partial charge in [0.15, 0.2) is 0 Å². The minimum absolute atomic E-state index is 0.164. The van der Waals surface area contributed by atoms with Gasteiger partial charge >= 0.3 is 0 Å². The predicted octanol–water partition coefficient (Wildman–Crippen LogP) is 4.70. The Hall–Kier alpha value is -3.79. The summed E-state index contributed by atoms with van der Waals surface area (Å²) in [5, 5.41) is 1.91. The lowest BCUT2D eigenvalue weighted by atomic mass is 9.90. The number of aromatic nitrogens is 1. The average Bonchev–Trinajstić information content (AvgIpc) is 2.98. The van der Waals surface area contributed by atoms with Crippen molar-refractivity contribution >= 4 is 22.6 Å². The summed E-state index contributed by atoms with van der Waals surface area (Å²) < 4.78 is 0. The van der Waals surface area contributed by atoms with E-state index in [1.165, 1.54) is 4.90 Å². The SMILES string of the molecule is O=C1c2cc3ccccc3c(-c3ccccc3)c2C(=O)N1Cc1ccccn1. The maximum Gasteiger partial charge on any atom is 0.262 e. The summed E-state index contributed by atoms with van der Waals surface area (Å²) in [5.74, 6) is -0.538. The van der Waals surface area contributed by atoms with E-state index in [0.29, 0.717) is 16.8 Å². The molecule has 4 heteroatoms. The zero-order valence-electron chi connectivity index (χ0n) is 15.0. The normalized spacial score (nSPS) is 13.2. The summed E-state index contributed by atoms with van der Waals surface area (Å²) in [6.07, 6.45) is 1.66. The Kier molecular flexibility index (Phi) is 3.76. The molecule has 5 rings (SSSR count). The molecule has 0 bridgehead atoms. The van der Waals surface area contributed by atoms with Gasteiger partial charge in [-0.2, -0.15) is 0 Å². The molecule has 4 nitrogen and oxygen atoms in total. The van der Waals surface area contributed by atoms with Gasteiger partial charge in [-0.3, -0.25) is 19.5 Å². The van der Waals surface area contributed by atoms with Gasteiger partial charge in [-0.1, -0.05) is 60.7 Å². The second-order valence-corrected chi connectivity index (χ2v) is 6.78. The highest BCUT2D eigenvalue weighted by Gasteiger charge is 2.38. The summed E-state index contributed by atoms with van der Waals surface area (Å²) in [6, 6.07) is 24.9. The lowest BCUT2D eigenvalue weighted by Crippen LogP contribution is -2.29. The van der Waals surface area contributed by atoms with Gasteiger partial charge in [-0.25, -0.2) is 0 Å². The van der Waals surface area contributed by atoms with Crippen molar-refractivity contribution in [1.82, 2.24) is 9.88 Å². The molecule has 0 spiro atoms. The molecule has 1 aliphatic heterocycles. The Morgan fingerprint density at radius 3 is 2.29 bits per heavy atom. The maximum absolute atomic E-state index is 13.3. The van der Waals surface area contributed by atoms with Crippen LogP contribution in [0.25, 0.3) is 21.9 Å². The fourth-order valence-corrected chi connectivity index (χ4v) is 3.81. The second kappa shape index (κ2) is 6.43. The average molecular weight is 364 g/mol. The molecule has 0 N–H and O–H groups in total. The largest absolute Gasteiger partial charge is 0.269 e. The van der Waals surface area contributed by atoms with Gasteiger partial charge in [0, 0.05) is 11.8 Å². The van der Waals surface area contributed by atoms with E-state index in [0.717, 1.165) is 21.9 Å². The smallest absolute Gasteiger partial charge is 0.262 e. The Bertz CT molecular complexity index is 1220. The first kappa shape index (κ1) is 16.4. The van der Waals surface area contributed by atoms with Crippen molar-refractivity contribution in [2.45, 2.75) is 6.54 Å². The van der Waals surface area contributed by atoms with Crippen LogP contribution in [0.2, 0.25) is 0 Å². The summed E-state index contributed by atoms with van der Waals surface area (Å²) in [4.78, 5) is 32.0. The zero-order valence-corrected chi connectivity index (χ0v) is 15.0. The molecule has 0 unspecified atom stereocenters. The lowest BCUT2D eigenvalue weighted by molar-refractivity contribution is 0.0640. The first-order valence-corrected chi connectivity index (χ1v) is 9.11. The lowest BCUT2D eigenvalue weighted by Gasteiger charge is -2.14. The van der Waals surface area contributed by atoms with Crippen LogP contribution in [0.15, 0.2) is 85.1 Å². The first-order chi connectivity index (χ1) is 13.7. The quantitative estimate of drug-likeness (QED) is 0.495. The van der Waals surface area contributed by atoms with Gasteiger partial charge in [-0.05, 0) is 34.5 Å². The minimum atomic E-state index is -0.270. The molecule has 0 saturated carbocycles. The molecule has 1 aliphatic rings. The van der Waals surface area contributed by atoms with E-state index in [4.69, 9.17) is 0 Å². The Balaban J connectivity index is 1.73. The van der Waals surface area contributed by atoms with Crippen LogP contribution < -0.4 is 0 Å². The van der Waals surface area contributed by atoms with E-state index in [2.05, 4.69) is 4.98 Å². The summed E-state index contributed by atoms with van der Waals surface area (Å²) in [7, 11) is 0. The van der Waals surface area contributed by atoms with Gasteiger partial charge in [0.25, 0.3) is 11.8 Å². The maximum atomic E-state index is 13.3. The van der Waals surface area contributed by atoms with Gasteiger partial charge < -0.3 is 0 Å². The number of carbonyl (C=O) groups excluding carboxylic acids is 2. The number of benzene rings is 3. The molecule has 4 aromatic rings. The Morgan fingerprint density at radius 1 is 0.750 bits per heavy atom. The van der Waals surface area contributed by atoms with Crippen molar-refractivity contribution < 1.29 is 9.59 Å². The molecule has 2 amide bonds. The molecular weight excluding hydrogens is 348 g/mol. The van der Waals surface area contributed by atoms with Crippen LogP contribution in [-0.2, 0) is 6.54 Å². The minimum Gasteiger partial charge on any atom is -0.269 e. The molecular formula is C24H16N2O2. The molecule has 3 aromatic carbocycles. The van der Waals surface area contributed by atoms with Crippen molar-refractivity contribution in [2.75, 3.05) is 0 Å². The molecule has 134 valence electrons. The monoisotopic (exact) mass is 364 g/mol. The van der Waals surface area contributed by atoms with Crippen LogP contribution >= 0.6 is 0 Å². The molecule has 0 radical (unpaired) electrons. The highest BCUT2D eigenvalue weighted by Crippen LogP contribution is 2.39. The van der Waals surface area contributed by atoms with Gasteiger partial charge in [-0.15, -0.1) is 0 Å². The third-order valence-corrected chi connectivity index (χ3v) is 5.09. The molecule has 1 aromatic heterocycles. The van der Waals surface area contributed by atoms with Crippen LogP contribution in [0.4, 0.5) is 0 Å². The van der Waals surface area contributed by atoms with Crippen molar-refractivity contribution in [3.8, 4) is 11.1 Å². The standard InChI is InChI=1S/C24H16N2O2/c27-23-20-14-17-10-4-5-12-19(17)21(16-8-2-1-3-9-16)22(20)24(28)26(23)15-18-11-6-7-13-25-18/h1-14H,15H2. The van der Waals surface area contributed by atoms with Gasteiger partial charge in [0.2, 0.25) is 0 Å². The number of hydrogen-bond donors (Lipinski definition) is 0. The van der Waals surface area contributed by atoms with E-state index in [9.17, 15) is 9.59 Å². The van der Waals surface area contributed by atoms with E-state index in [-0.39, 0.29) is 18.4 Å². The molecule has 0 aliphatic carbocycles. The Labute approximate surface area is 162 Å². The number of carbonyl (C=O) groups is 2. The van der Waals surface area contributed by atoms with E-state index >= 15 is 0 Å². The molecule has 2 heterocycles. The van der Waals surface area contributed by atoms with Crippen LogP contribution in [0.5, 0.6) is 0 Å². The van der Waals surface area contributed by atoms with Crippen molar-refractivity contribution in [3.63, 3.8) is 0 Å². The van der Waals surface area contributed by atoms with Gasteiger partial charge in [0.1, 0.15) is 0 Å². The number of rotatable bonds is 3. The molecule has 28 heavy (non-hydrogen) atoms. The van der Waals surface area contributed by atoms with Crippen LogP contribution in [0.1, 0.15) is 26.4 Å². The number of nitrogens with zero attached hydrogens (tertiary/aromatic N) is 2.